The molecule has 78 valence electrons. The van der Waals surface area contributed by atoms with Crippen molar-refractivity contribution >= 4 is 17.4 Å². The van der Waals surface area contributed by atoms with Gasteiger partial charge in [-0.25, -0.2) is 0 Å². The van der Waals surface area contributed by atoms with Crippen molar-refractivity contribution in [1.29, 1.82) is 0 Å². The molecule has 0 aliphatic carbocycles. The van der Waals surface area contributed by atoms with Crippen molar-refractivity contribution in [3.05, 3.63) is 24.2 Å². The van der Waals surface area contributed by atoms with Crippen LogP contribution in [-0.2, 0) is 7.05 Å². The minimum Gasteiger partial charge on any atom is -0.394 e. The van der Waals surface area contributed by atoms with Gasteiger partial charge in [0, 0.05) is 13.2 Å². The van der Waals surface area contributed by atoms with E-state index in [2.05, 4.69) is 20.6 Å². The number of hydrogen-bond donors (Lipinski definition) is 3. The lowest BCUT2D eigenvalue weighted by Gasteiger charge is -2.04. The number of aryl methyl sites for hydroxylation is 1. The third kappa shape index (κ3) is 1.66. The Morgan fingerprint density at radius 3 is 3.00 bits per heavy atom. The second kappa shape index (κ2) is 3.45. The first kappa shape index (κ1) is 9.25. The molecule has 0 bridgehead atoms. The smallest absolute Gasteiger partial charge is 0.274 e. The molecule has 0 radical (unpaired) electrons. The molecule has 1 amide bonds. The average molecular weight is 206 g/mol. The van der Waals surface area contributed by atoms with Crippen LogP contribution in [-0.4, -0.2) is 25.9 Å². The van der Waals surface area contributed by atoms with Crippen LogP contribution in [0.2, 0.25) is 0 Å². The molecule has 0 aromatic carbocycles. The topological polar surface area (TPSA) is 102 Å². The van der Waals surface area contributed by atoms with E-state index in [1.165, 1.54) is 17.1 Å². The van der Waals surface area contributed by atoms with Gasteiger partial charge in [-0.2, -0.15) is 10.2 Å². The van der Waals surface area contributed by atoms with E-state index in [0.717, 1.165) is 0 Å². The van der Waals surface area contributed by atoms with Crippen LogP contribution in [0.5, 0.6) is 0 Å². The fraction of sp³-hybridized carbons (Fsp3) is 0.125. The van der Waals surface area contributed by atoms with Crippen molar-refractivity contribution in [2.45, 2.75) is 0 Å². The lowest BCUT2D eigenvalue weighted by Crippen LogP contribution is -2.16. The first-order valence-electron chi connectivity index (χ1n) is 4.26. The number of H-pyrrole nitrogens is 1. The highest BCUT2D eigenvalue weighted by atomic mass is 16.2. The lowest BCUT2D eigenvalue weighted by molar-refractivity contribution is 0.102. The molecular formula is C8H10N6O. The van der Waals surface area contributed by atoms with Crippen molar-refractivity contribution in [2.75, 3.05) is 11.1 Å². The molecule has 0 atom stereocenters. The van der Waals surface area contributed by atoms with Gasteiger partial charge in [0.1, 0.15) is 5.69 Å². The summed E-state index contributed by atoms with van der Waals surface area (Å²) >= 11 is 0. The van der Waals surface area contributed by atoms with Crippen LogP contribution in [0.3, 0.4) is 0 Å². The van der Waals surface area contributed by atoms with Crippen LogP contribution in [0.1, 0.15) is 10.5 Å². The zero-order valence-electron chi connectivity index (χ0n) is 8.06. The van der Waals surface area contributed by atoms with Crippen molar-refractivity contribution in [2.24, 2.45) is 7.05 Å². The third-order valence-corrected chi connectivity index (χ3v) is 1.94. The Balaban J connectivity index is 2.20. The molecule has 2 rings (SSSR count). The number of rotatable bonds is 2. The predicted octanol–water partition coefficient (Wildman–Crippen LogP) is -0.0223. The number of hydrogen-bond acceptors (Lipinski definition) is 4. The van der Waals surface area contributed by atoms with Gasteiger partial charge in [0.25, 0.3) is 5.91 Å². The lowest BCUT2D eigenvalue weighted by atomic mass is 10.4. The summed E-state index contributed by atoms with van der Waals surface area (Å²) in [6, 6.07) is 1.57. The monoisotopic (exact) mass is 206 g/mol. The quantitative estimate of drug-likeness (QED) is 0.642. The highest BCUT2D eigenvalue weighted by Gasteiger charge is 2.11. The Hall–Kier alpha value is -2.31. The number of aromatic nitrogens is 4. The zero-order valence-corrected chi connectivity index (χ0v) is 8.06. The fourth-order valence-corrected chi connectivity index (χ4v) is 1.16. The van der Waals surface area contributed by atoms with E-state index in [0.29, 0.717) is 17.2 Å². The first-order chi connectivity index (χ1) is 7.18. The summed E-state index contributed by atoms with van der Waals surface area (Å²) in [6.07, 6.45) is 2.98. The second-order valence-corrected chi connectivity index (χ2v) is 3.00. The molecule has 0 spiro atoms. The van der Waals surface area contributed by atoms with Crippen molar-refractivity contribution in [1.82, 2.24) is 20.0 Å². The van der Waals surface area contributed by atoms with Gasteiger partial charge in [-0.1, -0.05) is 0 Å². The summed E-state index contributed by atoms with van der Waals surface area (Å²) in [4.78, 5) is 11.6. The predicted molar refractivity (Wildman–Crippen MR) is 54.2 cm³/mol. The standard InChI is InChI=1S/C8H10N6O/c1-14-7(5(9)4-11-14)12-8(15)6-2-3-10-13-6/h2-4H,9H2,1H3,(H,10,13)(H,12,15). The Kier molecular flexibility index (Phi) is 2.13. The number of aromatic amines is 1. The van der Waals surface area contributed by atoms with E-state index in [1.807, 2.05) is 0 Å². The molecule has 0 fully saturated rings. The molecule has 15 heavy (non-hydrogen) atoms. The van der Waals surface area contributed by atoms with E-state index in [-0.39, 0.29) is 5.91 Å². The average Bonchev–Trinajstić information content (AvgIpc) is 2.82. The van der Waals surface area contributed by atoms with Crippen molar-refractivity contribution in [3.8, 4) is 0 Å². The minimum atomic E-state index is -0.303. The second-order valence-electron chi connectivity index (χ2n) is 3.00. The molecule has 4 N–H and O–H groups in total. The minimum absolute atomic E-state index is 0.303. The SMILES string of the molecule is Cn1ncc(N)c1NC(=O)c1ccn[nH]1. The molecule has 2 heterocycles. The maximum absolute atomic E-state index is 11.6. The number of nitrogens with zero attached hydrogens (tertiary/aromatic N) is 3. The number of amides is 1. The Labute approximate surface area is 85.3 Å². The summed E-state index contributed by atoms with van der Waals surface area (Å²) in [6.45, 7) is 0. The first-order valence-corrected chi connectivity index (χ1v) is 4.26. The van der Waals surface area contributed by atoms with E-state index < -0.39 is 0 Å². The summed E-state index contributed by atoms with van der Waals surface area (Å²) < 4.78 is 1.49. The van der Waals surface area contributed by atoms with Gasteiger partial charge in [0.15, 0.2) is 5.82 Å². The number of nitrogen functional groups attached to an aromatic ring is 1. The molecule has 7 heteroatoms. The molecular weight excluding hydrogens is 196 g/mol. The van der Waals surface area contributed by atoms with Gasteiger partial charge in [-0.15, -0.1) is 0 Å². The summed E-state index contributed by atoms with van der Waals surface area (Å²) in [7, 11) is 1.69. The summed E-state index contributed by atoms with van der Waals surface area (Å²) in [5, 5.41) is 12.8. The van der Waals surface area contributed by atoms with Gasteiger partial charge in [0.2, 0.25) is 0 Å². The highest BCUT2D eigenvalue weighted by Crippen LogP contribution is 2.16. The van der Waals surface area contributed by atoms with Gasteiger partial charge in [0.05, 0.1) is 11.9 Å². The van der Waals surface area contributed by atoms with E-state index >= 15 is 0 Å². The number of nitrogens with two attached hydrogens (primary N) is 1. The molecule has 0 saturated carbocycles. The van der Waals surface area contributed by atoms with Crippen LogP contribution in [0.25, 0.3) is 0 Å². The molecule has 0 saturated heterocycles. The highest BCUT2D eigenvalue weighted by molar-refractivity contribution is 6.03. The zero-order chi connectivity index (χ0) is 10.8. The Morgan fingerprint density at radius 1 is 1.67 bits per heavy atom. The molecule has 0 aliphatic heterocycles. The van der Waals surface area contributed by atoms with Crippen LogP contribution in [0.4, 0.5) is 11.5 Å². The van der Waals surface area contributed by atoms with Crippen LogP contribution >= 0.6 is 0 Å². The molecule has 0 aliphatic rings. The molecule has 2 aromatic rings. The van der Waals surface area contributed by atoms with E-state index in [4.69, 9.17) is 5.73 Å². The van der Waals surface area contributed by atoms with Gasteiger partial charge in [-0.05, 0) is 6.07 Å². The van der Waals surface area contributed by atoms with Gasteiger partial charge < -0.3 is 11.1 Å². The largest absolute Gasteiger partial charge is 0.394 e. The van der Waals surface area contributed by atoms with Crippen LogP contribution < -0.4 is 11.1 Å². The fourth-order valence-electron chi connectivity index (χ4n) is 1.16. The molecule has 2 aromatic heterocycles. The van der Waals surface area contributed by atoms with Crippen LogP contribution in [0, 0.1) is 0 Å². The van der Waals surface area contributed by atoms with Gasteiger partial charge >= 0.3 is 0 Å². The number of carbonyl (C=O) groups excluding carboxylic acids is 1. The van der Waals surface area contributed by atoms with Gasteiger partial charge in [-0.3, -0.25) is 14.6 Å². The normalized spacial score (nSPS) is 10.2. The van der Waals surface area contributed by atoms with Crippen LogP contribution in [0.15, 0.2) is 18.5 Å². The Morgan fingerprint density at radius 2 is 2.47 bits per heavy atom. The maximum Gasteiger partial charge on any atom is 0.274 e. The Bertz CT molecular complexity index is 452. The third-order valence-electron chi connectivity index (χ3n) is 1.94. The van der Waals surface area contributed by atoms with E-state index in [9.17, 15) is 4.79 Å². The molecule has 7 nitrogen and oxygen atoms in total. The van der Waals surface area contributed by atoms with Crippen molar-refractivity contribution in [3.63, 3.8) is 0 Å². The number of nitrogens with one attached hydrogen (secondary N) is 2. The number of carbonyl (C=O) groups is 1. The molecule has 0 unspecified atom stereocenters. The summed E-state index contributed by atoms with van der Waals surface area (Å²) in [5.74, 6) is 0.164. The summed E-state index contributed by atoms with van der Waals surface area (Å²) in [5.41, 5.74) is 6.41. The van der Waals surface area contributed by atoms with Crippen molar-refractivity contribution < 1.29 is 4.79 Å². The maximum atomic E-state index is 11.6. The van der Waals surface area contributed by atoms with E-state index in [1.54, 1.807) is 13.1 Å². The number of anilines is 2.